The summed E-state index contributed by atoms with van der Waals surface area (Å²) in [5.41, 5.74) is 9.61. The molecule has 3 N–H and O–H groups in total. The zero-order valence-electron chi connectivity index (χ0n) is 11.5. The van der Waals surface area contributed by atoms with E-state index in [1.165, 1.54) is 22.2 Å². The number of rotatable bonds is 4. The topological polar surface area (TPSA) is 41.8 Å². The lowest BCUT2D eigenvalue weighted by Gasteiger charge is -2.16. The van der Waals surface area contributed by atoms with Crippen molar-refractivity contribution in [2.24, 2.45) is 5.73 Å². The summed E-state index contributed by atoms with van der Waals surface area (Å²) in [4.78, 5) is 3.41. The van der Waals surface area contributed by atoms with Crippen molar-refractivity contribution < 1.29 is 0 Å². The standard InChI is InChI=1S/C16H22N2/c1-12-13(8-6-7-11-16(2,3)17)14-9-4-5-10-15(14)18-12/h4-6,8-10,18H,7,11,17H2,1-3H3/b8-6+. The third-order valence-electron chi connectivity index (χ3n) is 3.18. The second-order valence-electron chi connectivity index (χ2n) is 5.64. The first-order valence-corrected chi connectivity index (χ1v) is 6.50. The Hall–Kier alpha value is -1.54. The van der Waals surface area contributed by atoms with Gasteiger partial charge in [-0.15, -0.1) is 0 Å². The zero-order chi connectivity index (χ0) is 13.2. The Morgan fingerprint density at radius 1 is 1.28 bits per heavy atom. The van der Waals surface area contributed by atoms with E-state index in [4.69, 9.17) is 5.73 Å². The van der Waals surface area contributed by atoms with Gasteiger partial charge in [0.15, 0.2) is 0 Å². The second-order valence-corrected chi connectivity index (χ2v) is 5.64. The highest BCUT2D eigenvalue weighted by Crippen LogP contribution is 2.23. The number of hydrogen-bond acceptors (Lipinski definition) is 1. The molecule has 18 heavy (non-hydrogen) atoms. The average Bonchev–Trinajstić information content (AvgIpc) is 2.59. The molecule has 0 amide bonds. The molecule has 0 saturated carbocycles. The lowest BCUT2D eigenvalue weighted by Crippen LogP contribution is -2.31. The Labute approximate surface area is 109 Å². The molecule has 0 aliphatic carbocycles. The first kappa shape index (κ1) is 12.9. The van der Waals surface area contributed by atoms with Gasteiger partial charge >= 0.3 is 0 Å². The van der Waals surface area contributed by atoms with Crippen LogP contribution in [-0.2, 0) is 0 Å². The van der Waals surface area contributed by atoms with Crippen LogP contribution in [0, 0.1) is 6.92 Å². The van der Waals surface area contributed by atoms with Crippen LogP contribution in [0.1, 0.15) is 37.9 Å². The summed E-state index contributed by atoms with van der Waals surface area (Å²) in [6.07, 6.45) is 6.45. The third-order valence-corrected chi connectivity index (χ3v) is 3.18. The van der Waals surface area contributed by atoms with E-state index < -0.39 is 0 Å². The highest BCUT2D eigenvalue weighted by molar-refractivity contribution is 5.90. The Morgan fingerprint density at radius 3 is 2.72 bits per heavy atom. The van der Waals surface area contributed by atoms with Gasteiger partial charge in [-0.05, 0) is 39.7 Å². The van der Waals surface area contributed by atoms with Gasteiger partial charge in [-0.25, -0.2) is 0 Å². The number of fused-ring (bicyclic) bond motifs is 1. The van der Waals surface area contributed by atoms with Crippen LogP contribution in [0.15, 0.2) is 30.3 Å². The van der Waals surface area contributed by atoms with Crippen molar-refractivity contribution in [3.05, 3.63) is 41.6 Å². The number of benzene rings is 1. The molecule has 0 aliphatic heterocycles. The Balaban J connectivity index is 2.16. The van der Waals surface area contributed by atoms with Gasteiger partial charge in [-0.3, -0.25) is 0 Å². The maximum atomic E-state index is 5.98. The lowest BCUT2D eigenvalue weighted by molar-refractivity contribution is 0.482. The molecule has 1 aromatic carbocycles. The van der Waals surface area contributed by atoms with Gasteiger partial charge in [0.05, 0.1) is 0 Å². The predicted molar refractivity (Wildman–Crippen MR) is 79.6 cm³/mol. The number of para-hydroxylation sites is 1. The summed E-state index contributed by atoms with van der Waals surface area (Å²) in [7, 11) is 0. The van der Waals surface area contributed by atoms with Crippen molar-refractivity contribution >= 4 is 17.0 Å². The molecule has 96 valence electrons. The Bertz CT molecular complexity index is 556. The molecule has 2 aromatic rings. The normalized spacial score (nSPS) is 12.7. The number of allylic oxidation sites excluding steroid dienone is 1. The average molecular weight is 242 g/mol. The number of hydrogen-bond donors (Lipinski definition) is 2. The van der Waals surface area contributed by atoms with E-state index in [-0.39, 0.29) is 5.54 Å². The van der Waals surface area contributed by atoms with Crippen molar-refractivity contribution in [3.63, 3.8) is 0 Å². The first-order valence-electron chi connectivity index (χ1n) is 6.50. The summed E-state index contributed by atoms with van der Waals surface area (Å²) in [5, 5.41) is 1.29. The molecule has 0 unspecified atom stereocenters. The quantitative estimate of drug-likeness (QED) is 0.835. The first-order chi connectivity index (χ1) is 8.47. The fraction of sp³-hybridized carbons (Fsp3) is 0.375. The minimum atomic E-state index is -0.0837. The van der Waals surface area contributed by atoms with E-state index in [2.05, 4.69) is 62.2 Å². The molecule has 0 aliphatic rings. The van der Waals surface area contributed by atoms with Crippen LogP contribution in [0.3, 0.4) is 0 Å². The fourth-order valence-corrected chi connectivity index (χ4v) is 2.17. The van der Waals surface area contributed by atoms with E-state index in [0.717, 1.165) is 12.8 Å². The largest absolute Gasteiger partial charge is 0.358 e. The molecule has 0 spiro atoms. The number of aromatic nitrogens is 1. The molecule has 1 heterocycles. The second kappa shape index (κ2) is 4.99. The van der Waals surface area contributed by atoms with E-state index >= 15 is 0 Å². The van der Waals surface area contributed by atoms with E-state index in [9.17, 15) is 0 Å². The summed E-state index contributed by atoms with van der Waals surface area (Å²) >= 11 is 0. The van der Waals surface area contributed by atoms with E-state index in [1.807, 2.05) is 0 Å². The van der Waals surface area contributed by atoms with Gasteiger partial charge in [0, 0.05) is 27.7 Å². The van der Waals surface area contributed by atoms with Crippen molar-refractivity contribution in [1.82, 2.24) is 4.98 Å². The van der Waals surface area contributed by atoms with Gasteiger partial charge in [0.2, 0.25) is 0 Å². The number of nitrogens with two attached hydrogens (primary N) is 1. The van der Waals surface area contributed by atoms with E-state index in [1.54, 1.807) is 0 Å². The molecular formula is C16H22N2. The third kappa shape index (κ3) is 3.02. The molecule has 0 bridgehead atoms. The van der Waals surface area contributed by atoms with Crippen molar-refractivity contribution in [1.29, 1.82) is 0 Å². The van der Waals surface area contributed by atoms with Gasteiger partial charge < -0.3 is 10.7 Å². The van der Waals surface area contributed by atoms with Crippen LogP contribution in [0.2, 0.25) is 0 Å². The molecule has 2 rings (SSSR count). The minimum Gasteiger partial charge on any atom is -0.358 e. The summed E-state index contributed by atoms with van der Waals surface area (Å²) < 4.78 is 0. The summed E-state index contributed by atoms with van der Waals surface area (Å²) in [6, 6.07) is 8.41. The molecule has 0 radical (unpaired) electrons. The maximum Gasteiger partial charge on any atom is 0.0462 e. The predicted octanol–water partition coefficient (Wildman–Crippen LogP) is 4.01. The van der Waals surface area contributed by atoms with Crippen molar-refractivity contribution in [3.8, 4) is 0 Å². The molecule has 1 aromatic heterocycles. The Kier molecular flexibility index (Phi) is 3.58. The highest BCUT2D eigenvalue weighted by atomic mass is 14.7. The molecular weight excluding hydrogens is 220 g/mol. The Morgan fingerprint density at radius 2 is 2.00 bits per heavy atom. The lowest BCUT2D eigenvalue weighted by atomic mass is 9.99. The minimum absolute atomic E-state index is 0.0837. The van der Waals surface area contributed by atoms with Crippen LogP contribution in [-0.4, -0.2) is 10.5 Å². The van der Waals surface area contributed by atoms with Gasteiger partial charge in [-0.1, -0.05) is 30.4 Å². The number of aromatic amines is 1. The molecule has 0 atom stereocenters. The van der Waals surface area contributed by atoms with Crippen LogP contribution in [0.5, 0.6) is 0 Å². The van der Waals surface area contributed by atoms with Crippen LogP contribution in [0.4, 0.5) is 0 Å². The van der Waals surface area contributed by atoms with Crippen LogP contribution < -0.4 is 5.73 Å². The van der Waals surface area contributed by atoms with Crippen molar-refractivity contribution in [2.45, 2.75) is 39.2 Å². The SMILES string of the molecule is Cc1[nH]c2ccccc2c1/C=C/CCC(C)(C)N. The fourth-order valence-electron chi connectivity index (χ4n) is 2.17. The maximum absolute atomic E-state index is 5.98. The number of H-pyrrole nitrogens is 1. The van der Waals surface area contributed by atoms with Crippen LogP contribution in [0.25, 0.3) is 17.0 Å². The molecule has 0 fully saturated rings. The summed E-state index contributed by atoms with van der Waals surface area (Å²) in [5.74, 6) is 0. The highest BCUT2D eigenvalue weighted by Gasteiger charge is 2.08. The molecule has 0 saturated heterocycles. The number of nitrogens with one attached hydrogen (secondary N) is 1. The number of aryl methyl sites for hydroxylation is 1. The van der Waals surface area contributed by atoms with Gasteiger partial charge in [0.25, 0.3) is 0 Å². The molecule has 2 nitrogen and oxygen atoms in total. The summed E-state index contributed by atoms with van der Waals surface area (Å²) in [6.45, 7) is 6.25. The van der Waals surface area contributed by atoms with Crippen molar-refractivity contribution in [2.75, 3.05) is 0 Å². The van der Waals surface area contributed by atoms with Crippen LogP contribution >= 0.6 is 0 Å². The van der Waals surface area contributed by atoms with Gasteiger partial charge in [0.1, 0.15) is 0 Å². The smallest absolute Gasteiger partial charge is 0.0462 e. The monoisotopic (exact) mass is 242 g/mol. The van der Waals surface area contributed by atoms with E-state index in [0.29, 0.717) is 0 Å². The molecule has 2 heteroatoms. The zero-order valence-corrected chi connectivity index (χ0v) is 11.5. The van der Waals surface area contributed by atoms with Gasteiger partial charge in [-0.2, -0.15) is 0 Å².